The number of rotatable bonds is 4. The van der Waals surface area contributed by atoms with Crippen molar-refractivity contribution in [2.75, 3.05) is 6.61 Å². The predicted molar refractivity (Wildman–Crippen MR) is 59.7 cm³/mol. The maximum absolute atomic E-state index is 11.4. The standard InChI is InChI=1S/C11H21NO3/c1-5-9(7-6-8-13)12-10(14)15-11(2,3)4/h6-7,9,13H,5,8H2,1-4H3,(H,12,14)/b7-6+/t9-/m0/s1. The number of hydrogen-bond donors (Lipinski definition) is 2. The Morgan fingerprint density at radius 2 is 2.13 bits per heavy atom. The first-order valence-electron chi connectivity index (χ1n) is 5.16. The van der Waals surface area contributed by atoms with E-state index in [9.17, 15) is 4.79 Å². The number of carbonyl (C=O) groups excluding carboxylic acids is 1. The lowest BCUT2D eigenvalue weighted by molar-refractivity contribution is 0.0513. The van der Waals surface area contributed by atoms with Crippen LogP contribution in [0.3, 0.4) is 0 Å². The SMILES string of the molecule is CC[C@@H](/C=C/CO)NC(=O)OC(C)(C)C. The molecule has 0 aliphatic rings. The van der Waals surface area contributed by atoms with Crippen molar-refractivity contribution in [3.05, 3.63) is 12.2 Å². The molecule has 0 aliphatic heterocycles. The Labute approximate surface area is 91.3 Å². The monoisotopic (exact) mass is 215 g/mol. The summed E-state index contributed by atoms with van der Waals surface area (Å²) >= 11 is 0. The highest BCUT2D eigenvalue weighted by Crippen LogP contribution is 2.07. The Kier molecular flexibility index (Phi) is 6.01. The fraction of sp³-hybridized carbons (Fsp3) is 0.727. The van der Waals surface area contributed by atoms with Gasteiger partial charge in [-0.2, -0.15) is 0 Å². The molecule has 15 heavy (non-hydrogen) atoms. The van der Waals surface area contributed by atoms with E-state index in [2.05, 4.69) is 5.32 Å². The molecule has 2 N–H and O–H groups in total. The van der Waals surface area contributed by atoms with Gasteiger partial charge in [0.15, 0.2) is 0 Å². The molecule has 0 fully saturated rings. The van der Waals surface area contributed by atoms with Crippen molar-refractivity contribution in [3.8, 4) is 0 Å². The van der Waals surface area contributed by atoms with Crippen LogP contribution >= 0.6 is 0 Å². The average molecular weight is 215 g/mol. The Bertz CT molecular complexity index is 218. The molecule has 4 nitrogen and oxygen atoms in total. The van der Waals surface area contributed by atoms with Gasteiger partial charge in [-0.1, -0.05) is 19.1 Å². The van der Waals surface area contributed by atoms with Crippen LogP contribution in [0, 0.1) is 0 Å². The van der Waals surface area contributed by atoms with Crippen molar-refractivity contribution in [2.24, 2.45) is 0 Å². The molecule has 0 saturated heterocycles. The molecular weight excluding hydrogens is 194 g/mol. The number of aliphatic hydroxyl groups is 1. The molecule has 0 spiro atoms. The first-order chi connectivity index (χ1) is 6.89. The molecule has 0 heterocycles. The van der Waals surface area contributed by atoms with E-state index >= 15 is 0 Å². The van der Waals surface area contributed by atoms with Crippen LogP contribution in [0.4, 0.5) is 4.79 Å². The van der Waals surface area contributed by atoms with Crippen molar-refractivity contribution in [1.82, 2.24) is 5.32 Å². The zero-order chi connectivity index (χ0) is 11.9. The first-order valence-corrected chi connectivity index (χ1v) is 5.16. The molecule has 0 aromatic heterocycles. The maximum atomic E-state index is 11.4. The second kappa shape index (κ2) is 6.45. The van der Waals surface area contributed by atoms with Gasteiger partial charge >= 0.3 is 6.09 Å². The van der Waals surface area contributed by atoms with E-state index in [1.807, 2.05) is 27.7 Å². The molecule has 1 amide bonds. The largest absolute Gasteiger partial charge is 0.444 e. The minimum atomic E-state index is -0.483. The molecule has 0 aliphatic carbocycles. The smallest absolute Gasteiger partial charge is 0.408 e. The molecule has 0 unspecified atom stereocenters. The fourth-order valence-electron chi connectivity index (χ4n) is 0.970. The Morgan fingerprint density at radius 1 is 1.53 bits per heavy atom. The quantitative estimate of drug-likeness (QED) is 0.703. The average Bonchev–Trinajstić information content (AvgIpc) is 2.09. The van der Waals surface area contributed by atoms with E-state index < -0.39 is 11.7 Å². The number of aliphatic hydroxyl groups excluding tert-OH is 1. The summed E-state index contributed by atoms with van der Waals surface area (Å²) < 4.78 is 5.10. The van der Waals surface area contributed by atoms with Crippen molar-refractivity contribution < 1.29 is 14.6 Å². The number of ether oxygens (including phenoxy) is 1. The van der Waals surface area contributed by atoms with Crippen LogP contribution in [-0.4, -0.2) is 29.4 Å². The predicted octanol–water partition coefficient (Wildman–Crippen LogP) is 1.84. The van der Waals surface area contributed by atoms with E-state index in [-0.39, 0.29) is 12.6 Å². The minimum Gasteiger partial charge on any atom is -0.444 e. The van der Waals surface area contributed by atoms with Crippen molar-refractivity contribution in [1.29, 1.82) is 0 Å². The molecule has 1 atom stereocenters. The number of carbonyl (C=O) groups is 1. The number of hydrogen-bond acceptors (Lipinski definition) is 3. The molecule has 0 aromatic carbocycles. The van der Waals surface area contributed by atoms with Crippen LogP contribution in [0.2, 0.25) is 0 Å². The lowest BCUT2D eigenvalue weighted by Crippen LogP contribution is -2.37. The first kappa shape index (κ1) is 14.0. The van der Waals surface area contributed by atoms with E-state index in [0.29, 0.717) is 0 Å². The second-order valence-electron chi connectivity index (χ2n) is 4.27. The summed E-state index contributed by atoms with van der Waals surface area (Å²) in [5, 5.41) is 11.3. The third-order valence-corrected chi connectivity index (χ3v) is 1.62. The van der Waals surface area contributed by atoms with Gasteiger partial charge in [0.1, 0.15) is 5.60 Å². The minimum absolute atomic E-state index is 0.0213. The van der Waals surface area contributed by atoms with Crippen LogP contribution in [-0.2, 0) is 4.74 Å². The molecule has 88 valence electrons. The van der Waals surface area contributed by atoms with Crippen LogP contribution in [0.15, 0.2) is 12.2 Å². The number of amides is 1. The van der Waals surface area contributed by atoms with E-state index in [0.717, 1.165) is 6.42 Å². The molecule has 0 rings (SSSR count). The highest BCUT2D eigenvalue weighted by Gasteiger charge is 2.17. The molecule has 0 saturated carbocycles. The summed E-state index contributed by atoms with van der Waals surface area (Å²) in [4.78, 5) is 11.4. The van der Waals surface area contributed by atoms with Gasteiger partial charge < -0.3 is 15.2 Å². The topological polar surface area (TPSA) is 58.6 Å². The normalized spacial score (nSPS) is 13.9. The maximum Gasteiger partial charge on any atom is 0.408 e. The number of nitrogens with one attached hydrogen (secondary N) is 1. The van der Waals surface area contributed by atoms with Gasteiger partial charge in [-0.25, -0.2) is 4.79 Å². The van der Waals surface area contributed by atoms with E-state index in [1.165, 1.54) is 0 Å². The van der Waals surface area contributed by atoms with Crippen LogP contribution in [0.5, 0.6) is 0 Å². The Balaban J connectivity index is 4.07. The van der Waals surface area contributed by atoms with Gasteiger partial charge in [0, 0.05) is 0 Å². The zero-order valence-corrected chi connectivity index (χ0v) is 9.91. The summed E-state index contributed by atoms with van der Waals surface area (Å²) in [5.41, 5.74) is -0.483. The van der Waals surface area contributed by atoms with Crippen molar-refractivity contribution in [3.63, 3.8) is 0 Å². The summed E-state index contributed by atoms with van der Waals surface area (Å²) in [6.07, 6.45) is 3.68. The summed E-state index contributed by atoms with van der Waals surface area (Å²) in [5.74, 6) is 0. The fourth-order valence-corrected chi connectivity index (χ4v) is 0.970. The molecule has 0 aromatic rings. The van der Waals surface area contributed by atoms with Gasteiger partial charge in [0.05, 0.1) is 12.6 Å². The molecule has 0 radical (unpaired) electrons. The zero-order valence-electron chi connectivity index (χ0n) is 9.91. The van der Waals surface area contributed by atoms with Gasteiger partial charge in [-0.05, 0) is 27.2 Å². The van der Waals surface area contributed by atoms with E-state index in [1.54, 1.807) is 12.2 Å². The summed E-state index contributed by atoms with van der Waals surface area (Å²) in [7, 11) is 0. The molecule has 0 bridgehead atoms. The lowest BCUT2D eigenvalue weighted by atomic mass is 10.2. The van der Waals surface area contributed by atoms with Gasteiger partial charge in [0.2, 0.25) is 0 Å². The highest BCUT2D eigenvalue weighted by atomic mass is 16.6. The van der Waals surface area contributed by atoms with Gasteiger partial charge in [-0.3, -0.25) is 0 Å². The van der Waals surface area contributed by atoms with Crippen LogP contribution < -0.4 is 5.32 Å². The van der Waals surface area contributed by atoms with E-state index in [4.69, 9.17) is 9.84 Å². The van der Waals surface area contributed by atoms with Crippen molar-refractivity contribution >= 4 is 6.09 Å². The highest BCUT2D eigenvalue weighted by molar-refractivity contribution is 5.68. The lowest BCUT2D eigenvalue weighted by Gasteiger charge is -2.21. The third kappa shape index (κ3) is 8.00. The van der Waals surface area contributed by atoms with Crippen molar-refractivity contribution in [2.45, 2.75) is 45.8 Å². The third-order valence-electron chi connectivity index (χ3n) is 1.62. The van der Waals surface area contributed by atoms with Gasteiger partial charge in [-0.15, -0.1) is 0 Å². The van der Waals surface area contributed by atoms with Gasteiger partial charge in [0.25, 0.3) is 0 Å². The van der Waals surface area contributed by atoms with Crippen LogP contribution in [0.1, 0.15) is 34.1 Å². The molecule has 4 heteroatoms. The Morgan fingerprint density at radius 3 is 2.53 bits per heavy atom. The summed E-state index contributed by atoms with van der Waals surface area (Å²) in [6, 6.07) is -0.0907. The second-order valence-corrected chi connectivity index (χ2v) is 4.27. The summed E-state index contributed by atoms with van der Waals surface area (Å²) in [6.45, 7) is 7.38. The van der Waals surface area contributed by atoms with Crippen LogP contribution in [0.25, 0.3) is 0 Å². The number of alkyl carbamates (subject to hydrolysis) is 1. The Hall–Kier alpha value is -1.03. The molecular formula is C11H21NO3.